The van der Waals surface area contributed by atoms with Crippen molar-refractivity contribution in [3.63, 3.8) is 0 Å². The summed E-state index contributed by atoms with van der Waals surface area (Å²) in [7, 11) is 0. The van der Waals surface area contributed by atoms with E-state index in [1.807, 2.05) is 6.92 Å². The molecule has 168 valence electrons. The summed E-state index contributed by atoms with van der Waals surface area (Å²) >= 11 is 6.57. The molecule has 7 heteroatoms. The predicted octanol–water partition coefficient (Wildman–Crippen LogP) is 4.76. The van der Waals surface area contributed by atoms with Crippen molar-refractivity contribution in [1.29, 1.82) is 0 Å². The maximum Gasteiger partial charge on any atom is 0.318 e. The highest BCUT2D eigenvalue weighted by Crippen LogP contribution is 2.26. The normalized spacial score (nSPS) is 20.0. The van der Waals surface area contributed by atoms with E-state index in [4.69, 9.17) is 21.1 Å². The van der Waals surface area contributed by atoms with E-state index in [0.29, 0.717) is 38.1 Å². The summed E-state index contributed by atoms with van der Waals surface area (Å²) in [6, 6.07) is 6.44. The van der Waals surface area contributed by atoms with E-state index >= 15 is 0 Å². The largest absolute Gasteiger partial charge is 0.376 e. The summed E-state index contributed by atoms with van der Waals surface area (Å²) in [5.41, 5.74) is 4.03. The van der Waals surface area contributed by atoms with Crippen LogP contribution in [0, 0.1) is 13.8 Å². The van der Waals surface area contributed by atoms with Crippen molar-refractivity contribution >= 4 is 28.5 Å². The molecule has 1 aliphatic carbocycles. The quantitative estimate of drug-likeness (QED) is 0.673. The number of rotatable bonds is 5. The molecule has 4 rings (SSSR count). The van der Waals surface area contributed by atoms with Crippen LogP contribution in [0.25, 0.3) is 10.9 Å². The predicted molar refractivity (Wildman–Crippen MR) is 123 cm³/mol. The Labute approximate surface area is 189 Å². The highest BCUT2D eigenvalue weighted by molar-refractivity contribution is 6.30. The zero-order valence-corrected chi connectivity index (χ0v) is 19.2. The number of aromatic nitrogens is 1. The van der Waals surface area contributed by atoms with Crippen LogP contribution in [0.5, 0.6) is 0 Å². The number of hydrogen-bond acceptors (Lipinski definition) is 4. The number of amides is 2. The summed E-state index contributed by atoms with van der Waals surface area (Å²) in [6.07, 6.45) is 5.54. The minimum atomic E-state index is -0.137. The van der Waals surface area contributed by atoms with Gasteiger partial charge in [-0.15, -0.1) is 0 Å². The van der Waals surface area contributed by atoms with Gasteiger partial charge in [0.1, 0.15) is 5.15 Å². The molecule has 1 N–H and O–H groups in total. The number of hydrogen-bond donors (Lipinski definition) is 1. The van der Waals surface area contributed by atoms with E-state index in [0.717, 1.165) is 34.9 Å². The molecule has 1 saturated heterocycles. The number of urea groups is 1. The van der Waals surface area contributed by atoms with Crippen molar-refractivity contribution in [2.75, 3.05) is 26.4 Å². The summed E-state index contributed by atoms with van der Waals surface area (Å²) in [5, 5.41) is 4.71. The number of benzene rings is 1. The van der Waals surface area contributed by atoms with Gasteiger partial charge in [0.2, 0.25) is 0 Å². The van der Waals surface area contributed by atoms with Gasteiger partial charge in [-0.3, -0.25) is 0 Å². The van der Waals surface area contributed by atoms with Crippen LogP contribution in [0.3, 0.4) is 0 Å². The van der Waals surface area contributed by atoms with Gasteiger partial charge in [-0.1, -0.05) is 42.5 Å². The Kier molecular flexibility index (Phi) is 7.31. The van der Waals surface area contributed by atoms with Crippen molar-refractivity contribution in [3.05, 3.63) is 40.0 Å². The molecule has 0 bridgehead atoms. The highest BCUT2D eigenvalue weighted by atomic mass is 35.5. The van der Waals surface area contributed by atoms with Gasteiger partial charge in [0.25, 0.3) is 0 Å². The lowest BCUT2D eigenvalue weighted by molar-refractivity contribution is -0.0947. The van der Waals surface area contributed by atoms with E-state index in [-0.39, 0.29) is 18.2 Å². The van der Waals surface area contributed by atoms with Gasteiger partial charge >= 0.3 is 6.03 Å². The number of fused-ring (bicyclic) bond motifs is 1. The van der Waals surface area contributed by atoms with Crippen molar-refractivity contribution in [2.24, 2.45) is 0 Å². The molecule has 31 heavy (non-hydrogen) atoms. The lowest BCUT2D eigenvalue weighted by Crippen LogP contribution is -2.49. The zero-order valence-electron chi connectivity index (χ0n) is 18.5. The van der Waals surface area contributed by atoms with Crippen LogP contribution in [0.1, 0.15) is 48.8 Å². The molecule has 0 radical (unpaired) electrons. The highest BCUT2D eigenvalue weighted by Gasteiger charge is 2.25. The second kappa shape index (κ2) is 10.2. The Morgan fingerprint density at radius 1 is 1.19 bits per heavy atom. The first-order valence-electron chi connectivity index (χ1n) is 11.3. The average molecular weight is 446 g/mol. The second-order valence-corrected chi connectivity index (χ2v) is 9.18. The van der Waals surface area contributed by atoms with Gasteiger partial charge in [-0.2, -0.15) is 0 Å². The van der Waals surface area contributed by atoms with Crippen molar-refractivity contribution in [3.8, 4) is 0 Å². The fraction of sp³-hybridized carbons (Fsp3) is 0.583. The Balaban J connectivity index is 1.56. The average Bonchev–Trinajstić information content (AvgIpc) is 2.76. The number of nitrogens with one attached hydrogen (secondary N) is 1. The summed E-state index contributed by atoms with van der Waals surface area (Å²) in [6.45, 7) is 6.61. The lowest BCUT2D eigenvalue weighted by atomic mass is 9.96. The number of ether oxygens (including phenoxy) is 2. The molecule has 2 fully saturated rings. The van der Waals surface area contributed by atoms with Gasteiger partial charge in [0, 0.05) is 17.0 Å². The van der Waals surface area contributed by atoms with Crippen LogP contribution < -0.4 is 5.32 Å². The minimum absolute atomic E-state index is 0.0716. The van der Waals surface area contributed by atoms with Crippen LogP contribution >= 0.6 is 11.6 Å². The first kappa shape index (κ1) is 22.3. The standard InChI is InChI=1S/C24H32ClN3O3/c1-16-10-17(2)22-18(11-16)12-19(23(25)27-22)13-28(14-21-15-30-8-9-31-21)24(29)26-20-6-4-3-5-7-20/h10-12,20-21H,3-9,13-15H2,1-2H3,(H,26,29)/t21-/m0/s1. The second-order valence-electron chi connectivity index (χ2n) is 8.82. The summed E-state index contributed by atoms with van der Waals surface area (Å²) < 4.78 is 11.4. The lowest BCUT2D eigenvalue weighted by Gasteiger charge is -2.32. The number of carbonyl (C=O) groups is 1. The number of nitrogens with zero attached hydrogens (tertiary/aromatic N) is 2. The molecule has 1 aromatic heterocycles. The molecule has 2 aromatic rings. The molecule has 2 amide bonds. The maximum absolute atomic E-state index is 13.2. The zero-order chi connectivity index (χ0) is 21.8. The molecule has 1 aliphatic heterocycles. The van der Waals surface area contributed by atoms with Crippen LogP contribution in [0.15, 0.2) is 18.2 Å². The first-order chi connectivity index (χ1) is 15.0. The molecule has 0 unspecified atom stereocenters. The van der Waals surface area contributed by atoms with Gasteiger partial charge in [-0.25, -0.2) is 9.78 Å². The molecular formula is C24H32ClN3O3. The van der Waals surface area contributed by atoms with E-state index in [1.54, 1.807) is 4.90 Å². The SMILES string of the molecule is Cc1cc(C)c2nc(Cl)c(CN(C[C@H]3COCCO3)C(=O)NC3CCCCC3)cc2c1. The van der Waals surface area contributed by atoms with Gasteiger partial charge in [-0.05, 0) is 44.4 Å². The first-order valence-corrected chi connectivity index (χ1v) is 11.7. The van der Waals surface area contributed by atoms with Crippen LogP contribution in [0.2, 0.25) is 5.15 Å². The van der Waals surface area contributed by atoms with Crippen LogP contribution in [0.4, 0.5) is 4.79 Å². The molecule has 1 saturated carbocycles. The van der Waals surface area contributed by atoms with Crippen LogP contribution in [-0.4, -0.2) is 54.4 Å². The molecule has 1 aromatic carbocycles. The number of aryl methyl sites for hydroxylation is 2. The topological polar surface area (TPSA) is 63.7 Å². The fourth-order valence-corrected chi connectivity index (χ4v) is 4.81. The maximum atomic E-state index is 13.2. The minimum Gasteiger partial charge on any atom is -0.376 e. The molecule has 0 spiro atoms. The van der Waals surface area contributed by atoms with Crippen molar-refractivity contribution < 1.29 is 14.3 Å². The number of halogens is 1. The monoisotopic (exact) mass is 445 g/mol. The van der Waals surface area contributed by atoms with Crippen LogP contribution in [-0.2, 0) is 16.0 Å². The Morgan fingerprint density at radius 2 is 2.00 bits per heavy atom. The van der Waals surface area contributed by atoms with E-state index < -0.39 is 0 Å². The van der Waals surface area contributed by atoms with Crippen molar-refractivity contribution in [2.45, 2.75) is 64.6 Å². The molecule has 2 aliphatic rings. The third-order valence-corrected chi connectivity index (χ3v) is 6.50. The number of pyridine rings is 1. The van der Waals surface area contributed by atoms with E-state index in [2.05, 4.69) is 35.4 Å². The Bertz CT molecular complexity index is 924. The summed E-state index contributed by atoms with van der Waals surface area (Å²) in [4.78, 5) is 19.7. The molecule has 6 nitrogen and oxygen atoms in total. The Morgan fingerprint density at radius 3 is 2.74 bits per heavy atom. The van der Waals surface area contributed by atoms with E-state index in [9.17, 15) is 4.79 Å². The summed E-state index contributed by atoms with van der Waals surface area (Å²) in [5.74, 6) is 0. The molecule has 2 heterocycles. The smallest absolute Gasteiger partial charge is 0.318 e. The van der Waals surface area contributed by atoms with E-state index in [1.165, 1.54) is 24.8 Å². The van der Waals surface area contributed by atoms with Gasteiger partial charge in [0.15, 0.2) is 0 Å². The molecule has 1 atom stereocenters. The molecular weight excluding hydrogens is 414 g/mol. The number of carbonyl (C=O) groups excluding carboxylic acids is 1. The fourth-order valence-electron chi connectivity index (χ4n) is 4.61. The van der Waals surface area contributed by atoms with Gasteiger partial charge < -0.3 is 19.7 Å². The Hall–Kier alpha value is -1.89. The van der Waals surface area contributed by atoms with Crippen molar-refractivity contribution in [1.82, 2.24) is 15.2 Å². The third kappa shape index (κ3) is 5.68. The van der Waals surface area contributed by atoms with Gasteiger partial charge in [0.05, 0.1) is 44.5 Å². The third-order valence-electron chi connectivity index (χ3n) is 6.17.